The Balaban J connectivity index is 2.23. The van der Waals surface area contributed by atoms with Crippen LogP contribution in [0.2, 0.25) is 0 Å². The van der Waals surface area contributed by atoms with Crippen molar-refractivity contribution in [1.82, 2.24) is 4.98 Å². The van der Waals surface area contributed by atoms with Gasteiger partial charge in [0.25, 0.3) is 0 Å². The van der Waals surface area contributed by atoms with Crippen LogP contribution in [0.25, 0.3) is 0 Å². The SMILES string of the molecule is CC(c1ccccn1)C(Br)c1cc(Br)c(Br)s1. The summed E-state index contributed by atoms with van der Waals surface area (Å²) in [4.78, 5) is 5.98. The zero-order valence-electron chi connectivity index (χ0n) is 9.03. The first-order valence-electron chi connectivity index (χ1n) is 5.09. The third-order valence-corrected chi connectivity index (χ3v) is 7.46. The molecule has 17 heavy (non-hydrogen) atoms. The van der Waals surface area contributed by atoms with Gasteiger partial charge in [-0.15, -0.1) is 11.3 Å². The number of rotatable bonds is 3. The van der Waals surface area contributed by atoms with E-state index in [-0.39, 0.29) is 4.83 Å². The quantitative estimate of drug-likeness (QED) is 0.542. The van der Waals surface area contributed by atoms with Gasteiger partial charge in [-0.05, 0) is 50.1 Å². The van der Waals surface area contributed by atoms with E-state index in [1.54, 1.807) is 11.3 Å². The number of halogens is 3. The molecular formula is C12H10Br3NS. The average molecular weight is 440 g/mol. The van der Waals surface area contributed by atoms with Crippen LogP contribution < -0.4 is 0 Å². The molecule has 0 N–H and O–H groups in total. The van der Waals surface area contributed by atoms with E-state index in [0.29, 0.717) is 5.92 Å². The van der Waals surface area contributed by atoms with Crippen LogP contribution in [0.15, 0.2) is 38.7 Å². The highest BCUT2D eigenvalue weighted by atomic mass is 79.9. The molecule has 2 rings (SSSR count). The van der Waals surface area contributed by atoms with Crippen LogP contribution in [0.4, 0.5) is 0 Å². The van der Waals surface area contributed by atoms with Crippen LogP contribution in [-0.4, -0.2) is 4.98 Å². The zero-order chi connectivity index (χ0) is 12.4. The zero-order valence-corrected chi connectivity index (χ0v) is 14.6. The van der Waals surface area contributed by atoms with E-state index in [9.17, 15) is 0 Å². The normalized spacial score (nSPS) is 14.6. The fraction of sp³-hybridized carbons (Fsp3) is 0.250. The first kappa shape index (κ1) is 13.7. The molecule has 0 aromatic carbocycles. The van der Waals surface area contributed by atoms with E-state index >= 15 is 0 Å². The fourth-order valence-corrected chi connectivity index (χ4v) is 4.40. The summed E-state index contributed by atoms with van der Waals surface area (Å²) >= 11 is 12.5. The second-order valence-corrected chi connectivity index (χ2v) is 7.96. The smallest absolute Gasteiger partial charge is 0.0843 e. The maximum Gasteiger partial charge on any atom is 0.0843 e. The number of pyridine rings is 1. The minimum absolute atomic E-state index is 0.282. The number of nitrogens with zero attached hydrogens (tertiary/aromatic N) is 1. The lowest BCUT2D eigenvalue weighted by Crippen LogP contribution is -2.02. The lowest BCUT2D eigenvalue weighted by atomic mass is 10.0. The molecule has 90 valence electrons. The van der Waals surface area contributed by atoms with Crippen molar-refractivity contribution >= 4 is 59.1 Å². The van der Waals surface area contributed by atoms with E-state index in [2.05, 4.69) is 71.8 Å². The molecule has 0 fully saturated rings. The molecule has 0 bridgehead atoms. The van der Waals surface area contributed by atoms with E-state index < -0.39 is 0 Å². The largest absolute Gasteiger partial charge is 0.261 e. The highest BCUT2D eigenvalue weighted by Crippen LogP contribution is 2.44. The molecule has 0 saturated heterocycles. The van der Waals surface area contributed by atoms with Crippen LogP contribution in [0, 0.1) is 0 Å². The van der Waals surface area contributed by atoms with Crippen molar-refractivity contribution in [3.63, 3.8) is 0 Å². The second kappa shape index (κ2) is 5.95. The Hall–Kier alpha value is 0.290. The summed E-state index contributed by atoms with van der Waals surface area (Å²) in [5, 5.41) is 0. The average Bonchev–Trinajstić information content (AvgIpc) is 2.69. The number of hydrogen-bond donors (Lipinski definition) is 0. The summed E-state index contributed by atoms with van der Waals surface area (Å²) < 4.78 is 2.24. The lowest BCUT2D eigenvalue weighted by Gasteiger charge is -2.16. The Kier molecular flexibility index (Phi) is 4.80. The molecule has 0 spiro atoms. The first-order valence-corrected chi connectivity index (χ1v) is 8.41. The molecule has 2 unspecified atom stereocenters. The molecule has 0 amide bonds. The highest BCUT2D eigenvalue weighted by molar-refractivity contribution is 9.13. The summed E-state index contributed by atoms with van der Waals surface area (Å²) in [5.74, 6) is 0.341. The van der Waals surface area contributed by atoms with Crippen LogP contribution in [-0.2, 0) is 0 Å². The number of hydrogen-bond acceptors (Lipinski definition) is 2. The summed E-state index contributed by atoms with van der Waals surface area (Å²) in [6.07, 6.45) is 1.84. The molecule has 1 nitrogen and oxygen atoms in total. The monoisotopic (exact) mass is 437 g/mol. The molecule has 5 heteroatoms. The van der Waals surface area contributed by atoms with E-state index in [1.807, 2.05) is 18.3 Å². The molecular weight excluding hydrogens is 430 g/mol. The number of alkyl halides is 1. The Morgan fingerprint density at radius 2 is 2.06 bits per heavy atom. The molecule has 2 atom stereocenters. The van der Waals surface area contributed by atoms with E-state index in [4.69, 9.17) is 0 Å². The maximum atomic E-state index is 4.41. The van der Waals surface area contributed by atoms with Crippen molar-refractivity contribution in [3.8, 4) is 0 Å². The van der Waals surface area contributed by atoms with Crippen molar-refractivity contribution in [2.24, 2.45) is 0 Å². The third kappa shape index (κ3) is 3.19. The Morgan fingerprint density at radius 3 is 2.59 bits per heavy atom. The second-order valence-electron chi connectivity index (χ2n) is 3.72. The van der Waals surface area contributed by atoms with Gasteiger partial charge >= 0.3 is 0 Å². The summed E-state index contributed by atoms with van der Waals surface area (Å²) in [6, 6.07) is 8.18. The standard InChI is InChI=1S/C12H10Br3NS/c1-7(9-4-2-3-5-16-9)11(14)10-6-8(13)12(15)17-10/h2-7,11H,1H3. The van der Waals surface area contributed by atoms with Crippen LogP contribution >= 0.6 is 59.1 Å². The molecule has 0 aliphatic carbocycles. The van der Waals surface area contributed by atoms with Crippen molar-refractivity contribution in [1.29, 1.82) is 0 Å². The van der Waals surface area contributed by atoms with Gasteiger partial charge in [0.1, 0.15) is 0 Å². The minimum Gasteiger partial charge on any atom is -0.261 e. The van der Waals surface area contributed by atoms with Gasteiger partial charge in [0.15, 0.2) is 0 Å². The van der Waals surface area contributed by atoms with Gasteiger partial charge < -0.3 is 0 Å². The molecule has 0 radical (unpaired) electrons. The van der Waals surface area contributed by atoms with Gasteiger partial charge in [0, 0.05) is 27.2 Å². The van der Waals surface area contributed by atoms with Crippen molar-refractivity contribution in [2.45, 2.75) is 17.7 Å². The van der Waals surface area contributed by atoms with Crippen LogP contribution in [0.1, 0.15) is 28.2 Å². The molecule has 0 saturated carbocycles. The van der Waals surface area contributed by atoms with Gasteiger partial charge in [-0.3, -0.25) is 4.98 Å². The molecule has 2 heterocycles. The van der Waals surface area contributed by atoms with Gasteiger partial charge in [-0.1, -0.05) is 28.9 Å². The molecule has 2 aromatic heterocycles. The van der Waals surface area contributed by atoms with Gasteiger partial charge in [0.05, 0.1) is 8.61 Å². The van der Waals surface area contributed by atoms with Crippen LogP contribution in [0.5, 0.6) is 0 Å². The lowest BCUT2D eigenvalue weighted by molar-refractivity contribution is 0.732. The van der Waals surface area contributed by atoms with Gasteiger partial charge in [-0.25, -0.2) is 0 Å². The van der Waals surface area contributed by atoms with Gasteiger partial charge in [0.2, 0.25) is 0 Å². The Labute approximate surface area is 130 Å². The third-order valence-electron chi connectivity index (χ3n) is 2.53. The van der Waals surface area contributed by atoms with Crippen molar-refractivity contribution in [3.05, 3.63) is 49.3 Å². The summed E-state index contributed by atoms with van der Waals surface area (Å²) in [7, 11) is 0. The van der Waals surface area contributed by atoms with Crippen molar-refractivity contribution < 1.29 is 0 Å². The highest BCUT2D eigenvalue weighted by Gasteiger charge is 2.21. The summed E-state index contributed by atoms with van der Waals surface area (Å²) in [5.41, 5.74) is 1.11. The van der Waals surface area contributed by atoms with Gasteiger partial charge in [-0.2, -0.15) is 0 Å². The predicted molar refractivity (Wildman–Crippen MR) is 84.0 cm³/mol. The number of thiophene rings is 1. The summed E-state index contributed by atoms with van der Waals surface area (Å²) in [6.45, 7) is 2.18. The first-order chi connectivity index (χ1) is 8.09. The fourth-order valence-electron chi connectivity index (χ4n) is 1.54. The van der Waals surface area contributed by atoms with E-state index in [1.165, 1.54) is 4.88 Å². The van der Waals surface area contributed by atoms with Crippen molar-refractivity contribution in [2.75, 3.05) is 0 Å². The molecule has 0 aliphatic rings. The number of aromatic nitrogens is 1. The molecule has 2 aromatic rings. The van der Waals surface area contributed by atoms with Crippen LogP contribution in [0.3, 0.4) is 0 Å². The molecule has 0 aliphatic heterocycles. The maximum absolute atomic E-state index is 4.41. The Morgan fingerprint density at radius 1 is 1.29 bits per heavy atom. The topological polar surface area (TPSA) is 12.9 Å². The Bertz CT molecular complexity index is 478. The minimum atomic E-state index is 0.282. The van der Waals surface area contributed by atoms with E-state index in [0.717, 1.165) is 14.0 Å². The predicted octanol–water partition coefficient (Wildman–Crippen LogP) is 5.91.